The van der Waals surface area contributed by atoms with Gasteiger partial charge in [-0.25, -0.2) is 18.4 Å². The number of anilines is 1. The number of hydrogen-bond acceptors (Lipinski definition) is 5. The molecule has 0 fully saturated rings. The first-order valence-electron chi connectivity index (χ1n) is 7.70. The monoisotopic (exact) mass is 429 g/mol. The van der Waals surface area contributed by atoms with Crippen LogP contribution in [0.15, 0.2) is 14.8 Å². The summed E-state index contributed by atoms with van der Waals surface area (Å²) >= 11 is 1.21. The fourth-order valence-corrected chi connectivity index (χ4v) is 3.04. The van der Waals surface area contributed by atoms with Crippen molar-refractivity contribution in [1.82, 2.24) is 9.88 Å². The van der Waals surface area contributed by atoms with E-state index in [2.05, 4.69) is 19.7 Å². The molecule has 0 bridgehead atoms. The number of guanidine groups is 2. The molecule has 1 rings (SSSR count). The van der Waals surface area contributed by atoms with Crippen molar-refractivity contribution in [2.75, 3.05) is 31.7 Å². The van der Waals surface area contributed by atoms with Gasteiger partial charge in [0.15, 0.2) is 11.1 Å². The van der Waals surface area contributed by atoms with Crippen LogP contribution in [0.4, 0.5) is 18.3 Å². The van der Waals surface area contributed by atoms with Crippen LogP contribution in [0, 0.1) is 0 Å². The van der Waals surface area contributed by atoms with Crippen LogP contribution in [0.2, 0.25) is 0 Å². The number of hydrogen-bond donors (Lipinski definition) is 3. The zero-order valence-corrected chi connectivity index (χ0v) is 16.5. The molecule has 27 heavy (non-hydrogen) atoms. The van der Waals surface area contributed by atoms with Gasteiger partial charge in [-0.2, -0.15) is 13.2 Å². The average Bonchev–Trinajstić information content (AvgIpc) is 2.94. The third kappa shape index (κ3) is 10.6. The normalized spacial score (nSPS) is 13.7. The van der Waals surface area contributed by atoms with Crippen LogP contribution < -0.4 is 16.8 Å². The molecule has 0 aliphatic heterocycles. The van der Waals surface area contributed by atoms with E-state index >= 15 is 0 Å². The van der Waals surface area contributed by atoms with Crippen molar-refractivity contribution in [1.29, 1.82) is 0 Å². The molecule has 1 aromatic heterocycles. The first-order chi connectivity index (χ1) is 12.4. The minimum atomic E-state index is -4.41. The third-order valence-electron chi connectivity index (χ3n) is 3.04. The highest BCUT2D eigenvalue weighted by Gasteiger charge is 2.26. The number of aryl methyl sites for hydroxylation is 1. The maximum Gasteiger partial charge on any atom is 0.408 e. The predicted molar refractivity (Wildman–Crippen MR) is 100 cm³/mol. The van der Waals surface area contributed by atoms with Crippen molar-refractivity contribution in [3.05, 3.63) is 11.1 Å². The van der Waals surface area contributed by atoms with Crippen molar-refractivity contribution in [2.24, 2.45) is 20.9 Å². The summed E-state index contributed by atoms with van der Waals surface area (Å²) in [6, 6.07) is 0. The minimum absolute atomic E-state index is 0.0775. The molecule has 1 heterocycles. The lowest BCUT2D eigenvalue weighted by Crippen LogP contribution is -2.35. The molecule has 154 valence electrons. The van der Waals surface area contributed by atoms with Gasteiger partial charge in [-0.15, -0.1) is 15.7 Å². The van der Waals surface area contributed by atoms with E-state index in [9.17, 15) is 21.6 Å². The zero-order valence-electron chi connectivity index (χ0n) is 14.8. The molecule has 0 aliphatic carbocycles. The summed E-state index contributed by atoms with van der Waals surface area (Å²) in [6.07, 6.45) is -1.36. The number of nitrogens with one attached hydrogen (secondary N) is 1. The van der Waals surface area contributed by atoms with Crippen molar-refractivity contribution in [2.45, 2.75) is 25.4 Å². The van der Waals surface area contributed by atoms with Crippen LogP contribution in [0.3, 0.4) is 0 Å². The van der Waals surface area contributed by atoms with Gasteiger partial charge >= 0.3 is 6.18 Å². The molecule has 9 nitrogen and oxygen atoms in total. The van der Waals surface area contributed by atoms with Crippen LogP contribution in [0.25, 0.3) is 0 Å². The molecule has 0 aromatic carbocycles. The SMILES string of the molecule is CN(CCCCc1csc(NC(N)=NCC(F)(F)F)n1)C(N)=NS(C)(=O)=O. The Morgan fingerprint density at radius 2 is 2.04 bits per heavy atom. The third-order valence-corrected chi connectivity index (χ3v) is 4.37. The molecular formula is C13H22F3N7O2S2. The van der Waals surface area contributed by atoms with E-state index in [4.69, 9.17) is 11.5 Å². The van der Waals surface area contributed by atoms with Gasteiger partial charge in [0.25, 0.3) is 10.0 Å². The fraction of sp³-hybridized carbons (Fsp3) is 0.615. The highest BCUT2D eigenvalue weighted by atomic mass is 32.2. The van der Waals surface area contributed by atoms with Crippen LogP contribution in [0.1, 0.15) is 18.5 Å². The largest absolute Gasteiger partial charge is 0.408 e. The minimum Gasteiger partial charge on any atom is -0.370 e. The first kappa shape index (κ1) is 23.0. The maximum absolute atomic E-state index is 12.1. The van der Waals surface area contributed by atoms with Crippen LogP contribution >= 0.6 is 11.3 Å². The van der Waals surface area contributed by atoms with E-state index in [1.807, 2.05) is 0 Å². The number of unbranched alkanes of at least 4 members (excludes halogenated alkanes) is 1. The van der Waals surface area contributed by atoms with Gasteiger partial charge < -0.3 is 21.7 Å². The second-order valence-electron chi connectivity index (χ2n) is 5.65. The van der Waals surface area contributed by atoms with Crippen molar-refractivity contribution < 1.29 is 21.6 Å². The number of thiazole rings is 1. The average molecular weight is 429 g/mol. The smallest absolute Gasteiger partial charge is 0.370 e. The van der Waals surface area contributed by atoms with Crippen LogP contribution in [-0.4, -0.2) is 62.8 Å². The van der Waals surface area contributed by atoms with Gasteiger partial charge in [-0.05, 0) is 19.3 Å². The summed E-state index contributed by atoms with van der Waals surface area (Å²) in [5, 5.41) is 4.64. The Bertz CT molecular complexity index is 775. The van der Waals surface area contributed by atoms with Crippen molar-refractivity contribution >= 4 is 38.4 Å². The van der Waals surface area contributed by atoms with E-state index in [1.54, 1.807) is 12.4 Å². The van der Waals surface area contributed by atoms with Gasteiger partial charge in [0.05, 0.1) is 11.9 Å². The summed E-state index contributed by atoms with van der Waals surface area (Å²) in [5.74, 6) is -0.429. The lowest BCUT2D eigenvalue weighted by molar-refractivity contribution is -0.118. The lowest BCUT2D eigenvalue weighted by atomic mass is 10.2. The predicted octanol–water partition coefficient (Wildman–Crippen LogP) is 0.961. The number of rotatable bonds is 8. The Balaban J connectivity index is 2.40. The van der Waals surface area contributed by atoms with Gasteiger partial charge in [-0.1, -0.05) is 0 Å². The van der Waals surface area contributed by atoms with Crippen molar-refractivity contribution in [3.63, 3.8) is 0 Å². The standard InChI is InChI=1S/C13H22F3N7O2S2/c1-23(11(18)22-27(2,24)25)6-4-3-5-9-7-26-12(20-9)21-10(17)19-8-13(14,15)16/h7H,3-6,8H2,1-2H3,(H2,18,22)(H3,17,19,20,21). The highest BCUT2D eigenvalue weighted by molar-refractivity contribution is 7.89. The number of aliphatic imine (C=N–C) groups is 1. The Morgan fingerprint density at radius 3 is 2.63 bits per heavy atom. The number of halogens is 3. The molecule has 0 saturated heterocycles. The summed E-state index contributed by atoms with van der Waals surface area (Å²) in [7, 11) is -1.90. The Labute approximate surface area is 159 Å². The van der Waals surface area contributed by atoms with Crippen LogP contribution in [-0.2, 0) is 16.4 Å². The summed E-state index contributed by atoms with van der Waals surface area (Å²) < 4.78 is 61.7. The second kappa shape index (κ2) is 9.73. The van der Waals surface area contributed by atoms with Crippen molar-refractivity contribution in [3.8, 4) is 0 Å². The van der Waals surface area contributed by atoms with Gasteiger partial charge in [-0.3, -0.25) is 0 Å². The summed E-state index contributed by atoms with van der Waals surface area (Å²) in [6.45, 7) is -0.847. The van der Waals surface area contributed by atoms with E-state index in [-0.39, 0.29) is 11.9 Å². The molecule has 0 atom stereocenters. The topological polar surface area (TPSA) is 139 Å². The maximum atomic E-state index is 12.1. The Hall–Kier alpha value is -2.09. The van der Waals surface area contributed by atoms with E-state index in [0.717, 1.165) is 18.4 Å². The second-order valence-corrected chi connectivity index (χ2v) is 8.15. The molecule has 5 N–H and O–H groups in total. The fourth-order valence-electron chi connectivity index (χ4n) is 1.81. The van der Waals surface area contributed by atoms with Gasteiger partial charge in [0, 0.05) is 19.0 Å². The van der Waals surface area contributed by atoms with Crippen LogP contribution in [0.5, 0.6) is 0 Å². The van der Waals surface area contributed by atoms with E-state index < -0.39 is 22.7 Å². The highest BCUT2D eigenvalue weighted by Crippen LogP contribution is 2.17. The molecule has 1 aromatic rings. The molecule has 0 saturated carbocycles. The number of nitrogens with zero attached hydrogens (tertiary/aromatic N) is 4. The zero-order chi connectivity index (χ0) is 20.7. The van der Waals surface area contributed by atoms with E-state index in [0.29, 0.717) is 24.5 Å². The number of nitrogens with two attached hydrogens (primary N) is 2. The Kier molecular flexibility index (Phi) is 8.27. The first-order valence-corrected chi connectivity index (χ1v) is 10.4. The van der Waals surface area contributed by atoms with E-state index in [1.165, 1.54) is 16.2 Å². The Morgan fingerprint density at radius 1 is 1.37 bits per heavy atom. The summed E-state index contributed by atoms with van der Waals surface area (Å²) in [5.41, 5.74) is 11.7. The van der Waals surface area contributed by atoms with Gasteiger partial charge in [0.1, 0.15) is 6.54 Å². The van der Waals surface area contributed by atoms with Gasteiger partial charge in [0.2, 0.25) is 5.96 Å². The molecule has 0 aliphatic rings. The molecule has 0 unspecified atom stereocenters. The quantitative estimate of drug-likeness (QED) is 0.318. The lowest BCUT2D eigenvalue weighted by Gasteiger charge is -2.17. The molecule has 0 amide bonds. The number of aromatic nitrogens is 1. The molecule has 14 heteroatoms. The molecule has 0 radical (unpaired) electrons. The number of sulfonamides is 1. The molecular weight excluding hydrogens is 407 g/mol. The molecule has 0 spiro atoms. The number of alkyl halides is 3. The summed E-state index contributed by atoms with van der Waals surface area (Å²) in [4.78, 5) is 8.94.